The molecule has 1 N–H and O–H groups in total. The minimum atomic E-state index is -1.01. The number of ketones is 2. The molecule has 1 amide bonds. The smallest absolute Gasteiger partial charge is 0.301 e. The molecular formula is C29H28N4O5S. The van der Waals surface area contributed by atoms with Gasteiger partial charge in [-0.25, -0.2) is 9.97 Å². The summed E-state index contributed by atoms with van der Waals surface area (Å²) in [5.74, 6) is -1.69. The van der Waals surface area contributed by atoms with Crippen LogP contribution in [0.5, 0.6) is 5.75 Å². The summed E-state index contributed by atoms with van der Waals surface area (Å²) in [5.41, 5.74) is 3.29. The Bertz CT molecular complexity index is 1680. The summed E-state index contributed by atoms with van der Waals surface area (Å²) in [6.07, 6.45) is 2.63. The molecule has 9 nitrogen and oxygen atoms in total. The van der Waals surface area contributed by atoms with Crippen molar-refractivity contribution < 1.29 is 24.2 Å². The lowest BCUT2D eigenvalue weighted by Crippen LogP contribution is -2.29. The zero-order valence-corrected chi connectivity index (χ0v) is 23.1. The molecule has 0 aliphatic carbocycles. The third-order valence-electron chi connectivity index (χ3n) is 6.71. The second kappa shape index (κ2) is 10.1. The van der Waals surface area contributed by atoms with E-state index < -0.39 is 17.7 Å². The van der Waals surface area contributed by atoms with Crippen molar-refractivity contribution in [1.82, 2.24) is 14.4 Å². The highest BCUT2D eigenvalue weighted by Gasteiger charge is 2.49. The summed E-state index contributed by atoms with van der Waals surface area (Å²) in [5, 5.41) is 11.8. The van der Waals surface area contributed by atoms with Crippen molar-refractivity contribution >= 4 is 45.3 Å². The summed E-state index contributed by atoms with van der Waals surface area (Å²) >= 11 is 1.04. The van der Waals surface area contributed by atoms with E-state index in [1.807, 2.05) is 36.6 Å². The number of nitrogens with zero attached hydrogens (tertiary/aromatic N) is 4. The second-order valence-electron chi connectivity index (χ2n) is 9.49. The van der Waals surface area contributed by atoms with Crippen molar-refractivity contribution in [1.29, 1.82) is 0 Å². The Morgan fingerprint density at radius 1 is 1.13 bits per heavy atom. The van der Waals surface area contributed by atoms with E-state index in [9.17, 15) is 19.5 Å². The van der Waals surface area contributed by atoms with Crippen LogP contribution in [0.1, 0.15) is 64.2 Å². The Labute approximate surface area is 229 Å². The number of pyridine rings is 1. The third-order valence-corrected chi connectivity index (χ3v) is 7.97. The molecule has 1 aliphatic rings. The Kier molecular flexibility index (Phi) is 6.82. The van der Waals surface area contributed by atoms with Gasteiger partial charge in [-0.05, 0) is 56.5 Å². The van der Waals surface area contributed by atoms with Crippen molar-refractivity contribution in [2.24, 2.45) is 0 Å². The summed E-state index contributed by atoms with van der Waals surface area (Å²) < 4.78 is 7.65. The number of fused-ring (bicyclic) bond motifs is 1. The first-order valence-electron chi connectivity index (χ1n) is 12.6. The molecular weight excluding hydrogens is 516 g/mol. The highest BCUT2D eigenvalue weighted by molar-refractivity contribution is 7.18. The number of hydrogen-bond acceptors (Lipinski definition) is 8. The predicted molar refractivity (Wildman–Crippen MR) is 149 cm³/mol. The number of aliphatic hydroxyl groups is 1. The summed E-state index contributed by atoms with van der Waals surface area (Å²) in [4.78, 5) is 50.1. The van der Waals surface area contributed by atoms with Gasteiger partial charge in [0.15, 0.2) is 16.7 Å². The Hall–Kier alpha value is -4.31. The van der Waals surface area contributed by atoms with Crippen LogP contribution >= 0.6 is 11.3 Å². The van der Waals surface area contributed by atoms with Crippen LogP contribution in [0.3, 0.4) is 0 Å². The Balaban J connectivity index is 1.75. The number of aryl methyl sites for hydroxylation is 3. The average molecular weight is 545 g/mol. The standard InChI is InChI=1S/C29H28N4O5S/c1-6-13-38-20-11-7-10-19(14-20)23-21(24(35)22-17(4)32-12-8-9-15(2)27(32)31-22)25(36)28(37)33(23)29-30-16(3)26(39-29)18(5)34/h7-12,14,23,35H,6,13H2,1-5H3. The Morgan fingerprint density at radius 3 is 2.56 bits per heavy atom. The fourth-order valence-electron chi connectivity index (χ4n) is 4.83. The van der Waals surface area contributed by atoms with E-state index in [-0.39, 0.29) is 27.9 Å². The molecule has 1 saturated heterocycles. The number of aliphatic hydroxyl groups excluding tert-OH is 1. The number of imidazole rings is 1. The van der Waals surface area contributed by atoms with Gasteiger partial charge in [-0.1, -0.05) is 36.5 Å². The maximum atomic E-state index is 13.6. The molecule has 0 saturated carbocycles. The van der Waals surface area contributed by atoms with Crippen LogP contribution in [-0.2, 0) is 9.59 Å². The molecule has 1 aliphatic heterocycles. The highest BCUT2D eigenvalue weighted by Crippen LogP contribution is 2.44. The molecule has 0 radical (unpaired) electrons. The van der Waals surface area contributed by atoms with Gasteiger partial charge >= 0.3 is 5.91 Å². The fourth-order valence-corrected chi connectivity index (χ4v) is 5.81. The predicted octanol–water partition coefficient (Wildman–Crippen LogP) is 5.33. The van der Waals surface area contributed by atoms with Crippen molar-refractivity contribution in [2.75, 3.05) is 11.5 Å². The van der Waals surface area contributed by atoms with Gasteiger partial charge in [-0.3, -0.25) is 19.3 Å². The van der Waals surface area contributed by atoms with Gasteiger partial charge < -0.3 is 14.2 Å². The molecule has 10 heteroatoms. The molecule has 1 unspecified atom stereocenters. The summed E-state index contributed by atoms with van der Waals surface area (Å²) in [6.45, 7) is 9.31. The lowest BCUT2D eigenvalue weighted by atomic mass is 9.96. The number of carbonyl (C=O) groups is 3. The molecule has 1 aromatic carbocycles. The fraction of sp³-hybridized carbons (Fsp3) is 0.276. The zero-order chi connectivity index (χ0) is 28.0. The minimum Gasteiger partial charge on any atom is -0.505 e. The lowest BCUT2D eigenvalue weighted by Gasteiger charge is -2.23. The van der Waals surface area contributed by atoms with E-state index in [2.05, 4.69) is 9.97 Å². The van der Waals surface area contributed by atoms with Gasteiger partial charge in [0.1, 0.15) is 17.1 Å². The summed E-state index contributed by atoms with van der Waals surface area (Å²) in [7, 11) is 0. The first kappa shape index (κ1) is 26.3. The van der Waals surface area contributed by atoms with Crippen LogP contribution in [0, 0.1) is 20.8 Å². The van der Waals surface area contributed by atoms with E-state index in [0.29, 0.717) is 39.8 Å². The van der Waals surface area contributed by atoms with Crippen LogP contribution < -0.4 is 9.64 Å². The van der Waals surface area contributed by atoms with Crippen molar-refractivity contribution in [3.63, 3.8) is 0 Å². The largest absolute Gasteiger partial charge is 0.505 e. The lowest BCUT2D eigenvalue weighted by molar-refractivity contribution is -0.132. The molecule has 4 aromatic rings. The maximum absolute atomic E-state index is 13.6. The molecule has 200 valence electrons. The molecule has 0 spiro atoms. The first-order valence-corrected chi connectivity index (χ1v) is 13.4. The van der Waals surface area contributed by atoms with Crippen LogP contribution in [0.25, 0.3) is 11.4 Å². The monoisotopic (exact) mass is 544 g/mol. The van der Waals surface area contributed by atoms with Gasteiger partial charge in [0.05, 0.1) is 34.5 Å². The average Bonchev–Trinajstić information content (AvgIpc) is 3.55. The molecule has 1 atom stereocenters. The van der Waals surface area contributed by atoms with Crippen LogP contribution in [0.2, 0.25) is 0 Å². The highest BCUT2D eigenvalue weighted by atomic mass is 32.1. The van der Waals surface area contributed by atoms with Gasteiger partial charge in [0.2, 0.25) is 0 Å². The van der Waals surface area contributed by atoms with Crippen molar-refractivity contribution in [2.45, 2.75) is 47.1 Å². The quantitative estimate of drug-likeness (QED) is 0.145. The first-order chi connectivity index (χ1) is 18.6. The Morgan fingerprint density at radius 2 is 1.90 bits per heavy atom. The molecule has 3 aromatic heterocycles. The molecule has 4 heterocycles. The van der Waals surface area contributed by atoms with Gasteiger partial charge in [-0.15, -0.1) is 0 Å². The topological polar surface area (TPSA) is 114 Å². The number of carbonyl (C=O) groups excluding carboxylic acids is 3. The van der Waals surface area contributed by atoms with Gasteiger partial charge in [-0.2, -0.15) is 0 Å². The van der Waals surface area contributed by atoms with Gasteiger partial charge in [0, 0.05) is 13.1 Å². The zero-order valence-electron chi connectivity index (χ0n) is 22.3. The third kappa shape index (κ3) is 4.40. The van der Waals surface area contributed by atoms with E-state index in [1.54, 1.807) is 38.1 Å². The van der Waals surface area contributed by atoms with Gasteiger partial charge in [0.25, 0.3) is 5.78 Å². The number of thiazole rings is 1. The van der Waals surface area contributed by atoms with E-state index in [1.165, 1.54) is 11.8 Å². The molecule has 1 fully saturated rings. The minimum absolute atomic E-state index is 0.103. The number of anilines is 1. The van der Waals surface area contributed by atoms with E-state index in [0.717, 1.165) is 23.3 Å². The van der Waals surface area contributed by atoms with E-state index >= 15 is 0 Å². The molecule has 0 bridgehead atoms. The number of aromatic nitrogens is 3. The van der Waals surface area contributed by atoms with Crippen LogP contribution in [0.15, 0.2) is 48.2 Å². The van der Waals surface area contributed by atoms with Crippen molar-refractivity contribution in [3.05, 3.63) is 81.3 Å². The number of benzene rings is 1. The summed E-state index contributed by atoms with van der Waals surface area (Å²) in [6, 6.07) is 9.85. The van der Waals surface area contributed by atoms with Crippen molar-refractivity contribution in [3.8, 4) is 5.75 Å². The number of Topliss-reactive ketones (excluding diaryl/α,β-unsaturated/α-hetero) is 2. The van der Waals surface area contributed by atoms with Crippen LogP contribution in [0.4, 0.5) is 5.13 Å². The molecule has 39 heavy (non-hydrogen) atoms. The maximum Gasteiger partial charge on any atom is 0.301 e. The number of rotatable bonds is 7. The molecule has 5 rings (SSSR count). The SMILES string of the molecule is CCCOc1cccc(C2C(=C(O)c3nc4c(C)cccn4c3C)C(=O)C(=O)N2c2nc(C)c(C(C)=O)s2)c1. The second-order valence-corrected chi connectivity index (χ2v) is 10.5. The number of ether oxygens (including phenoxy) is 1. The normalized spacial score (nSPS) is 16.8. The number of hydrogen-bond donors (Lipinski definition) is 1. The van der Waals surface area contributed by atoms with E-state index in [4.69, 9.17) is 4.74 Å². The number of amides is 1. The van der Waals surface area contributed by atoms with Crippen LogP contribution in [-0.4, -0.2) is 43.6 Å².